The Bertz CT molecular complexity index is 189. The van der Waals surface area contributed by atoms with Gasteiger partial charge in [0, 0.05) is 25.2 Å². The van der Waals surface area contributed by atoms with Gasteiger partial charge in [0.2, 0.25) is 0 Å². The van der Waals surface area contributed by atoms with Crippen LogP contribution in [0.4, 0.5) is 0 Å². The molecule has 0 amide bonds. The zero-order valence-corrected chi connectivity index (χ0v) is 10.3. The number of hydrogen-bond acceptors (Lipinski definition) is 2. The van der Waals surface area contributed by atoms with Gasteiger partial charge in [0.05, 0.1) is 0 Å². The molecule has 0 spiro atoms. The predicted octanol–water partition coefficient (Wildman–Crippen LogP) is 2.25. The second kappa shape index (κ2) is 5.31. The summed E-state index contributed by atoms with van der Waals surface area (Å²) in [5, 5.41) is 3.60. The van der Waals surface area contributed by atoms with Gasteiger partial charge in [-0.25, -0.2) is 0 Å². The van der Waals surface area contributed by atoms with E-state index >= 15 is 0 Å². The standard InChI is InChI=1S/C13H26N2/c1-11-5-3-4-6-13(11)15(2)10-9-14-12-7-8-12/h11-14H,3-10H2,1-2H3. The molecule has 0 aromatic carbocycles. The molecular formula is C13H26N2. The molecule has 0 aromatic rings. The lowest BCUT2D eigenvalue weighted by Crippen LogP contribution is -2.42. The summed E-state index contributed by atoms with van der Waals surface area (Å²) in [6, 6.07) is 1.71. The average Bonchev–Trinajstić information content (AvgIpc) is 3.02. The van der Waals surface area contributed by atoms with Gasteiger partial charge >= 0.3 is 0 Å². The summed E-state index contributed by atoms with van der Waals surface area (Å²) in [6.07, 6.45) is 8.56. The van der Waals surface area contributed by atoms with Crippen molar-refractivity contribution in [2.45, 2.75) is 57.5 Å². The van der Waals surface area contributed by atoms with Crippen LogP contribution in [0.2, 0.25) is 0 Å². The normalized spacial score (nSPS) is 32.2. The van der Waals surface area contributed by atoms with Crippen molar-refractivity contribution >= 4 is 0 Å². The van der Waals surface area contributed by atoms with Gasteiger partial charge in [0.1, 0.15) is 0 Å². The van der Waals surface area contributed by atoms with E-state index in [2.05, 4.69) is 24.2 Å². The van der Waals surface area contributed by atoms with Crippen LogP contribution in [-0.2, 0) is 0 Å². The van der Waals surface area contributed by atoms with Crippen LogP contribution >= 0.6 is 0 Å². The van der Waals surface area contributed by atoms with E-state index in [-0.39, 0.29) is 0 Å². The quantitative estimate of drug-likeness (QED) is 0.749. The van der Waals surface area contributed by atoms with E-state index in [1.165, 1.54) is 51.6 Å². The van der Waals surface area contributed by atoms with Crippen LogP contribution in [0.1, 0.15) is 45.4 Å². The molecule has 0 radical (unpaired) electrons. The molecule has 15 heavy (non-hydrogen) atoms. The van der Waals surface area contributed by atoms with E-state index in [0.29, 0.717) is 0 Å². The predicted molar refractivity (Wildman–Crippen MR) is 65.1 cm³/mol. The summed E-state index contributed by atoms with van der Waals surface area (Å²) in [5.74, 6) is 0.907. The SMILES string of the molecule is CC1CCCCC1N(C)CCNC1CC1. The third-order valence-electron chi connectivity index (χ3n) is 4.11. The number of hydrogen-bond donors (Lipinski definition) is 1. The number of rotatable bonds is 5. The third-order valence-corrected chi connectivity index (χ3v) is 4.11. The van der Waals surface area contributed by atoms with Crippen LogP contribution < -0.4 is 5.32 Å². The summed E-state index contributed by atoms with van der Waals surface area (Å²) < 4.78 is 0. The first-order valence-electron chi connectivity index (χ1n) is 6.71. The summed E-state index contributed by atoms with van der Waals surface area (Å²) in [4.78, 5) is 2.58. The Morgan fingerprint density at radius 1 is 1.13 bits per heavy atom. The first kappa shape index (κ1) is 11.4. The first-order chi connectivity index (χ1) is 7.27. The molecule has 0 aromatic heterocycles. The first-order valence-corrected chi connectivity index (χ1v) is 6.71. The van der Waals surface area contributed by atoms with Crippen LogP contribution in [0.25, 0.3) is 0 Å². The Morgan fingerprint density at radius 2 is 1.87 bits per heavy atom. The maximum atomic E-state index is 3.60. The minimum Gasteiger partial charge on any atom is -0.313 e. The summed E-state index contributed by atoms with van der Waals surface area (Å²) in [5.41, 5.74) is 0. The fourth-order valence-electron chi connectivity index (χ4n) is 2.85. The molecule has 2 saturated carbocycles. The lowest BCUT2D eigenvalue weighted by atomic mass is 9.85. The lowest BCUT2D eigenvalue weighted by molar-refractivity contribution is 0.140. The summed E-state index contributed by atoms with van der Waals surface area (Å²) in [6.45, 7) is 4.84. The molecule has 0 aliphatic heterocycles. The third kappa shape index (κ3) is 3.46. The minimum absolute atomic E-state index is 0.847. The van der Waals surface area contributed by atoms with E-state index in [1.807, 2.05) is 0 Å². The maximum absolute atomic E-state index is 3.60. The lowest BCUT2D eigenvalue weighted by Gasteiger charge is -2.36. The van der Waals surface area contributed by atoms with Gasteiger partial charge in [0.25, 0.3) is 0 Å². The molecule has 2 heteroatoms. The number of nitrogens with one attached hydrogen (secondary N) is 1. The van der Waals surface area contributed by atoms with Crippen molar-refractivity contribution in [2.75, 3.05) is 20.1 Å². The molecule has 1 N–H and O–H groups in total. The van der Waals surface area contributed by atoms with Crippen LogP contribution in [0.3, 0.4) is 0 Å². The molecule has 0 saturated heterocycles. The van der Waals surface area contributed by atoms with E-state index < -0.39 is 0 Å². The zero-order valence-electron chi connectivity index (χ0n) is 10.3. The molecule has 0 heterocycles. The van der Waals surface area contributed by atoms with Crippen LogP contribution in [0, 0.1) is 5.92 Å². The molecule has 0 bridgehead atoms. The van der Waals surface area contributed by atoms with Gasteiger partial charge < -0.3 is 10.2 Å². The maximum Gasteiger partial charge on any atom is 0.0118 e. The fraction of sp³-hybridized carbons (Fsp3) is 1.00. The fourth-order valence-corrected chi connectivity index (χ4v) is 2.85. The van der Waals surface area contributed by atoms with Crippen molar-refractivity contribution < 1.29 is 0 Å². The highest BCUT2D eigenvalue weighted by Crippen LogP contribution is 2.27. The van der Waals surface area contributed by atoms with Gasteiger partial charge in [0.15, 0.2) is 0 Å². The topological polar surface area (TPSA) is 15.3 Å². The van der Waals surface area contributed by atoms with Crippen molar-refractivity contribution in [3.63, 3.8) is 0 Å². The molecule has 2 nitrogen and oxygen atoms in total. The molecule has 88 valence electrons. The number of likely N-dealkylation sites (N-methyl/N-ethyl adjacent to an activating group) is 1. The van der Waals surface area contributed by atoms with E-state index in [4.69, 9.17) is 0 Å². The van der Waals surface area contributed by atoms with E-state index in [9.17, 15) is 0 Å². The largest absolute Gasteiger partial charge is 0.313 e. The smallest absolute Gasteiger partial charge is 0.0118 e. The van der Waals surface area contributed by atoms with Crippen molar-refractivity contribution in [1.29, 1.82) is 0 Å². The average molecular weight is 210 g/mol. The highest BCUT2D eigenvalue weighted by Gasteiger charge is 2.25. The monoisotopic (exact) mass is 210 g/mol. The molecular weight excluding hydrogens is 184 g/mol. The molecule has 2 aliphatic rings. The summed E-state index contributed by atoms with van der Waals surface area (Å²) in [7, 11) is 2.31. The molecule has 2 atom stereocenters. The van der Waals surface area contributed by atoms with E-state index in [0.717, 1.165) is 18.0 Å². The van der Waals surface area contributed by atoms with E-state index in [1.54, 1.807) is 0 Å². The van der Waals surface area contributed by atoms with Crippen LogP contribution in [0.15, 0.2) is 0 Å². The van der Waals surface area contributed by atoms with Gasteiger partial charge in [-0.15, -0.1) is 0 Å². The Labute approximate surface area is 94.4 Å². The Morgan fingerprint density at radius 3 is 2.53 bits per heavy atom. The van der Waals surface area contributed by atoms with Gasteiger partial charge in [-0.2, -0.15) is 0 Å². The van der Waals surface area contributed by atoms with Gasteiger partial charge in [-0.3, -0.25) is 0 Å². The second-order valence-corrected chi connectivity index (χ2v) is 5.54. The van der Waals surface area contributed by atoms with Crippen molar-refractivity contribution in [1.82, 2.24) is 10.2 Å². The second-order valence-electron chi connectivity index (χ2n) is 5.54. The number of nitrogens with zero attached hydrogens (tertiary/aromatic N) is 1. The Balaban J connectivity index is 1.65. The molecule has 2 unspecified atom stereocenters. The molecule has 2 rings (SSSR count). The highest BCUT2D eigenvalue weighted by atomic mass is 15.1. The van der Waals surface area contributed by atoms with Crippen LogP contribution in [-0.4, -0.2) is 37.1 Å². The van der Waals surface area contributed by atoms with Crippen molar-refractivity contribution in [3.05, 3.63) is 0 Å². The zero-order chi connectivity index (χ0) is 10.7. The van der Waals surface area contributed by atoms with Crippen LogP contribution in [0.5, 0.6) is 0 Å². The van der Waals surface area contributed by atoms with Gasteiger partial charge in [-0.1, -0.05) is 19.8 Å². The Hall–Kier alpha value is -0.0800. The van der Waals surface area contributed by atoms with Gasteiger partial charge in [-0.05, 0) is 38.6 Å². The van der Waals surface area contributed by atoms with Crippen molar-refractivity contribution in [3.8, 4) is 0 Å². The minimum atomic E-state index is 0.847. The Kier molecular flexibility index (Phi) is 4.04. The highest BCUT2D eigenvalue weighted by molar-refractivity contribution is 4.83. The summed E-state index contributed by atoms with van der Waals surface area (Å²) >= 11 is 0. The molecule has 2 fully saturated rings. The van der Waals surface area contributed by atoms with Crippen molar-refractivity contribution in [2.24, 2.45) is 5.92 Å². The molecule has 2 aliphatic carbocycles.